The van der Waals surface area contributed by atoms with Crippen LogP contribution in [0.5, 0.6) is 5.75 Å². The summed E-state index contributed by atoms with van der Waals surface area (Å²) in [5, 5.41) is 11.9. The van der Waals surface area contributed by atoms with Gasteiger partial charge >= 0.3 is 6.18 Å². The number of nitrogens with one attached hydrogen (secondary N) is 1. The Labute approximate surface area is 200 Å². The van der Waals surface area contributed by atoms with Crippen LogP contribution in [-0.4, -0.2) is 46.8 Å². The number of ether oxygens (including phenoxy) is 1. The SMILES string of the molecule is C[C@@H]1C[C@@H](c2cc3c(C(F)(F)F)cccc3s2)CCN1C[C@H](O)COc1cccc2[nH]ccc12. The highest BCUT2D eigenvalue weighted by Gasteiger charge is 2.34. The molecule has 0 saturated carbocycles. The van der Waals surface area contributed by atoms with E-state index in [4.69, 9.17) is 4.74 Å². The summed E-state index contributed by atoms with van der Waals surface area (Å²) in [4.78, 5) is 6.41. The molecule has 1 aliphatic rings. The van der Waals surface area contributed by atoms with Crippen LogP contribution in [0.15, 0.2) is 54.7 Å². The number of fused-ring (bicyclic) bond motifs is 2. The van der Waals surface area contributed by atoms with E-state index in [1.807, 2.05) is 30.5 Å². The van der Waals surface area contributed by atoms with Crippen LogP contribution in [0.3, 0.4) is 0 Å². The molecular weight excluding hydrogens is 461 g/mol. The van der Waals surface area contributed by atoms with Crippen molar-refractivity contribution < 1.29 is 23.0 Å². The number of aliphatic hydroxyl groups is 1. The molecule has 180 valence electrons. The fraction of sp³-hybridized carbons (Fsp3) is 0.385. The Bertz CT molecular complexity index is 1280. The molecule has 0 aliphatic carbocycles. The smallest absolute Gasteiger partial charge is 0.417 e. The molecule has 2 aromatic heterocycles. The molecule has 0 radical (unpaired) electrons. The summed E-state index contributed by atoms with van der Waals surface area (Å²) in [5.74, 6) is 0.969. The van der Waals surface area contributed by atoms with Gasteiger partial charge in [-0.05, 0) is 68.6 Å². The van der Waals surface area contributed by atoms with Gasteiger partial charge in [-0.25, -0.2) is 0 Å². The van der Waals surface area contributed by atoms with Gasteiger partial charge in [0.05, 0.1) is 5.56 Å². The lowest BCUT2D eigenvalue weighted by molar-refractivity contribution is -0.136. The Morgan fingerprint density at radius 1 is 1.18 bits per heavy atom. The van der Waals surface area contributed by atoms with Crippen molar-refractivity contribution >= 4 is 32.3 Å². The first-order valence-corrected chi connectivity index (χ1v) is 12.3. The number of benzene rings is 2. The van der Waals surface area contributed by atoms with Crippen molar-refractivity contribution in [1.29, 1.82) is 0 Å². The number of alkyl halides is 3. The summed E-state index contributed by atoms with van der Waals surface area (Å²) in [6.45, 7) is 3.61. The monoisotopic (exact) mass is 488 g/mol. The Kier molecular flexibility index (Phi) is 6.31. The average Bonchev–Trinajstić information content (AvgIpc) is 3.45. The third kappa shape index (κ3) is 4.67. The molecule has 5 rings (SSSR count). The minimum Gasteiger partial charge on any atom is -0.490 e. The van der Waals surface area contributed by atoms with Gasteiger partial charge in [-0.3, -0.25) is 4.90 Å². The minimum atomic E-state index is -4.35. The molecule has 3 atom stereocenters. The van der Waals surface area contributed by atoms with Gasteiger partial charge in [0.15, 0.2) is 0 Å². The highest BCUT2D eigenvalue weighted by Crippen LogP contribution is 2.42. The van der Waals surface area contributed by atoms with Crippen LogP contribution >= 0.6 is 11.3 Å². The van der Waals surface area contributed by atoms with Gasteiger partial charge < -0.3 is 14.8 Å². The maximum atomic E-state index is 13.4. The van der Waals surface area contributed by atoms with Gasteiger partial charge in [-0.15, -0.1) is 11.3 Å². The lowest BCUT2D eigenvalue weighted by Crippen LogP contribution is -2.45. The van der Waals surface area contributed by atoms with Gasteiger partial charge in [0.25, 0.3) is 0 Å². The lowest BCUT2D eigenvalue weighted by atomic mass is 9.89. The molecule has 0 unspecified atom stereocenters. The highest BCUT2D eigenvalue weighted by molar-refractivity contribution is 7.19. The van der Waals surface area contributed by atoms with Gasteiger partial charge in [0.1, 0.15) is 18.5 Å². The molecule has 1 fully saturated rings. The van der Waals surface area contributed by atoms with E-state index < -0.39 is 17.8 Å². The van der Waals surface area contributed by atoms with Crippen molar-refractivity contribution in [1.82, 2.24) is 9.88 Å². The van der Waals surface area contributed by atoms with Crippen LogP contribution in [0.25, 0.3) is 21.0 Å². The van der Waals surface area contributed by atoms with E-state index in [1.165, 1.54) is 17.4 Å². The molecule has 1 saturated heterocycles. The number of piperidine rings is 1. The first-order chi connectivity index (χ1) is 16.3. The molecular formula is C26H27F3N2O2S. The van der Waals surface area contributed by atoms with E-state index >= 15 is 0 Å². The summed E-state index contributed by atoms with van der Waals surface area (Å²) in [5.41, 5.74) is 0.433. The molecule has 2 N–H and O–H groups in total. The fourth-order valence-electron chi connectivity index (χ4n) is 4.97. The van der Waals surface area contributed by atoms with Crippen molar-refractivity contribution in [2.45, 2.75) is 44.0 Å². The minimum absolute atomic E-state index is 0.202. The Morgan fingerprint density at radius 3 is 2.79 bits per heavy atom. The standard InChI is InChI=1S/C26H27F3N2O2S/c1-16-12-17(25-13-20-21(26(27,28)29)4-2-7-24(20)34-25)9-11-31(16)14-18(32)15-33-23-6-3-5-22-19(23)8-10-30-22/h2-8,10,13,16-18,30,32H,9,11-12,14-15H2,1H3/t16-,17+,18+/m1/s1. The summed E-state index contributed by atoms with van der Waals surface area (Å²) in [6, 6.07) is 14.1. The highest BCUT2D eigenvalue weighted by atomic mass is 32.1. The zero-order valence-corrected chi connectivity index (χ0v) is 19.6. The zero-order chi connectivity index (χ0) is 23.9. The quantitative estimate of drug-likeness (QED) is 0.330. The zero-order valence-electron chi connectivity index (χ0n) is 18.8. The van der Waals surface area contributed by atoms with Crippen molar-refractivity contribution in [3.05, 3.63) is 65.2 Å². The number of thiophene rings is 1. The van der Waals surface area contributed by atoms with Gasteiger partial charge in [-0.2, -0.15) is 13.2 Å². The van der Waals surface area contributed by atoms with Crippen molar-refractivity contribution in [2.75, 3.05) is 19.7 Å². The van der Waals surface area contributed by atoms with E-state index in [1.54, 1.807) is 12.1 Å². The van der Waals surface area contributed by atoms with E-state index in [9.17, 15) is 18.3 Å². The summed E-state index contributed by atoms with van der Waals surface area (Å²) in [6.07, 6.45) is -1.41. The third-order valence-corrected chi connectivity index (χ3v) is 8.00. The third-order valence-electron chi connectivity index (χ3n) is 6.73. The number of halogens is 3. The first-order valence-electron chi connectivity index (χ1n) is 11.5. The van der Waals surface area contributed by atoms with Crippen molar-refractivity contribution in [3.63, 3.8) is 0 Å². The molecule has 34 heavy (non-hydrogen) atoms. The lowest BCUT2D eigenvalue weighted by Gasteiger charge is -2.38. The molecule has 4 nitrogen and oxygen atoms in total. The average molecular weight is 489 g/mol. The molecule has 3 heterocycles. The number of β-amino-alcohol motifs (C(OH)–C–C–N with tert-alkyl or cyclic N) is 1. The number of aromatic amines is 1. The molecule has 4 aromatic rings. The number of likely N-dealkylation sites (tertiary alicyclic amines) is 1. The second-order valence-corrected chi connectivity index (χ2v) is 10.2. The van der Waals surface area contributed by atoms with Crippen LogP contribution in [0, 0.1) is 0 Å². The number of H-pyrrole nitrogens is 1. The fourth-order valence-corrected chi connectivity index (χ4v) is 6.21. The second-order valence-electron chi connectivity index (χ2n) is 9.09. The molecule has 1 aliphatic heterocycles. The van der Waals surface area contributed by atoms with Gasteiger partial charge in [0.2, 0.25) is 0 Å². The largest absolute Gasteiger partial charge is 0.490 e. The van der Waals surface area contributed by atoms with E-state index in [-0.39, 0.29) is 18.6 Å². The number of aliphatic hydroxyl groups excluding tert-OH is 1. The number of hydrogen-bond donors (Lipinski definition) is 2. The molecule has 0 spiro atoms. The summed E-state index contributed by atoms with van der Waals surface area (Å²) in [7, 11) is 0. The Balaban J connectivity index is 1.20. The van der Waals surface area contributed by atoms with Crippen molar-refractivity contribution in [2.24, 2.45) is 0 Å². The number of rotatable bonds is 6. The molecule has 0 amide bonds. The number of hydrogen-bond acceptors (Lipinski definition) is 4. The second kappa shape index (κ2) is 9.24. The number of nitrogens with zero attached hydrogens (tertiary/aromatic N) is 1. The number of aromatic nitrogens is 1. The summed E-state index contributed by atoms with van der Waals surface area (Å²) >= 11 is 1.47. The topological polar surface area (TPSA) is 48.5 Å². The molecule has 0 bridgehead atoms. The van der Waals surface area contributed by atoms with Crippen LogP contribution in [0.2, 0.25) is 0 Å². The summed E-state index contributed by atoms with van der Waals surface area (Å²) < 4.78 is 46.8. The van der Waals surface area contributed by atoms with Crippen LogP contribution in [0.4, 0.5) is 13.2 Å². The van der Waals surface area contributed by atoms with E-state index in [0.717, 1.165) is 47.0 Å². The van der Waals surface area contributed by atoms with Crippen LogP contribution < -0.4 is 4.74 Å². The van der Waals surface area contributed by atoms with Gasteiger partial charge in [0, 0.05) is 44.6 Å². The van der Waals surface area contributed by atoms with Crippen LogP contribution in [-0.2, 0) is 6.18 Å². The van der Waals surface area contributed by atoms with Crippen molar-refractivity contribution in [3.8, 4) is 5.75 Å². The Hall–Kier alpha value is -2.55. The van der Waals surface area contributed by atoms with Gasteiger partial charge in [-0.1, -0.05) is 12.1 Å². The first kappa shape index (κ1) is 23.2. The normalized spacial score (nSPS) is 20.7. The Morgan fingerprint density at radius 2 is 2.00 bits per heavy atom. The van der Waals surface area contributed by atoms with E-state index in [2.05, 4.69) is 16.8 Å². The maximum Gasteiger partial charge on any atom is 0.417 e. The van der Waals surface area contributed by atoms with Crippen LogP contribution in [0.1, 0.15) is 36.1 Å². The maximum absolute atomic E-state index is 13.4. The molecule has 2 aromatic carbocycles. The predicted octanol–water partition coefficient (Wildman–Crippen LogP) is 6.41. The predicted molar refractivity (Wildman–Crippen MR) is 130 cm³/mol. The molecule has 8 heteroatoms. The van der Waals surface area contributed by atoms with E-state index in [0.29, 0.717) is 16.6 Å².